The average molecular weight is 256 g/mol. The van der Waals surface area contributed by atoms with Crippen LogP contribution in [0.3, 0.4) is 0 Å². The molecule has 0 aliphatic heterocycles. The summed E-state index contributed by atoms with van der Waals surface area (Å²) in [7, 11) is 1.59. The van der Waals surface area contributed by atoms with Crippen LogP contribution < -0.4 is 10.1 Å². The maximum atomic E-state index is 6.31. The highest BCUT2D eigenvalue weighted by molar-refractivity contribution is 6.20. The Hall–Kier alpha value is -1.03. The van der Waals surface area contributed by atoms with Crippen molar-refractivity contribution < 1.29 is 4.74 Å². The van der Waals surface area contributed by atoms with E-state index in [-0.39, 0.29) is 5.38 Å². The number of anilines is 1. The maximum Gasteiger partial charge on any atom is 0.233 e. The zero-order valence-corrected chi connectivity index (χ0v) is 10.8. The Balaban J connectivity index is 1.88. The fourth-order valence-corrected chi connectivity index (χ4v) is 2.53. The molecular formula is C12H18ClN3O. The van der Waals surface area contributed by atoms with Gasteiger partial charge in [0, 0.05) is 11.9 Å². The molecule has 4 nitrogen and oxygen atoms in total. The molecule has 5 heteroatoms. The smallest absolute Gasteiger partial charge is 0.233 e. The van der Waals surface area contributed by atoms with Crippen LogP contribution in [0.25, 0.3) is 0 Å². The van der Waals surface area contributed by atoms with Gasteiger partial charge in [0.15, 0.2) is 0 Å². The Morgan fingerprint density at radius 1 is 1.41 bits per heavy atom. The van der Waals surface area contributed by atoms with Crippen molar-refractivity contribution in [2.75, 3.05) is 19.0 Å². The first-order valence-corrected chi connectivity index (χ1v) is 6.47. The zero-order chi connectivity index (χ0) is 12.1. The van der Waals surface area contributed by atoms with Gasteiger partial charge in [0.25, 0.3) is 0 Å². The number of hydrogen-bond acceptors (Lipinski definition) is 4. The second-order valence-electron chi connectivity index (χ2n) is 4.39. The molecular weight excluding hydrogens is 238 g/mol. The minimum Gasteiger partial charge on any atom is -0.480 e. The molecule has 2 rings (SSSR count). The van der Waals surface area contributed by atoms with Crippen LogP contribution in [0.1, 0.15) is 25.7 Å². The molecule has 1 N–H and O–H groups in total. The lowest BCUT2D eigenvalue weighted by Gasteiger charge is -2.27. The second-order valence-corrected chi connectivity index (χ2v) is 4.95. The van der Waals surface area contributed by atoms with Crippen molar-refractivity contribution in [3.63, 3.8) is 0 Å². The maximum absolute atomic E-state index is 6.31. The minimum atomic E-state index is 0.287. The van der Waals surface area contributed by atoms with Crippen molar-refractivity contribution in [3.05, 3.63) is 12.4 Å². The predicted molar refractivity (Wildman–Crippen MR) is 68.7 cm³/mol. The van der Waals surface area contributed by atoms with Crippen molar-refractivity contribution >= 4 is 17.4 Å². The standard InChI is InChI=1S/C12H18ClN3O/c1-17-12-8-14-7-11(16-12)15-6-9-4-2-3-5-10(9)13/h7-10H,2-6H2,1H3,(H,15,16). The molecule has 1 aromatic heterocycles. The highest BCUT2D eigenvalue weighted by Gasteiger charge is 2.22. The molecule has 0 bridgehead atoms. The zero-order valence-electron chi connectivity index (χ0n) is 10.0. The molecule has 1 saturated carbocycles. The number of halogens is 1. The monoisotopic (exact) mass is 255 g/mol. The first-order chi connectivity index (χ1) is 8.29. The van der Waals surface area contributed by atoms with Crippen LogP contribution in [0.15, 0.2) is 12.4 Å². The fraction of sp³-hybridized carbons (Fsp3) is 0.667. The van der Waals surface area contributed by atoms with Gasteiger partial charge >= 0.3 is 0 Å². The summed E-state index contributed by atoms with van der Waals surface area (Å²) in [6.45, 7) is 0.857. The first kappa shape index (κ1) is 12.4. The van der Waals surface area contributed by atoms with Gasteiger partial charge in [-0.05, 0) is 18.8 Å². The number of hydrogen-bond donors (Lipinski definition) is 1. The number of ether oxygens (including phenoxy) is 1. The van der Waals surface area contributed by atoms with Gasteiger partial charge in [-0.15, -0.1) is 11.6 Å². The van der Waals surface area contributed by atoms with E-state index in [2.05, 4.69) is 15.3 Å². The number of rotatable bonds is 4. The van der Waals surface area contributed by atoms with Gasteiger partial charge in [-0.25, -0.2) is 0 Å². The van der Waals surface area contributed by atoms with Crippen LogP contribution in [0.4, 0.5) is 5.82 Å². The molecule has 0 saturated heterocycles. The summed E-state index contributed by atoms with van der Waals surface area (Å²) in [5.74, 6) is 1.80. The van der Waals surface area contributed by atoms with Crippen LogP contribution >= 0.6 is 11.6 Å². The highest BCUT2D eigenvalue weighted by Crippen LogP contribution is 2.28. The van der Waals surface area contributed by atoms with Gasteiger partial charge in [-0.3, -0.25) is 4.98 Å². The predicted octanol–water partition coefficient (Wildman–Crippen LogP) is 2.69. The first-order valence-electron chi connectivity index (χ1n) is 6.03. The van der Waals surface area contributed by atoms with Gasteiger partial charge in [0.05, 0.1) is 19.5 Å². The van der Waals surface area contributed by atoms with Crippen LogP contribution in [-0.4, -0.2) is 29.0 Å². The van der Waals surface area contributed by atoms with Gasteiger partial charge in [-0.2, -0.15) is 4.98 Å². The summed E-state index contributed by atoms with van der Waals surface area (Å²) in [5, 5.41) is 3.57. The largest absolute Gasteiger partial charge is 0.480 e. The Labute approximate surface area is 107 Å². The molecule has 0 aromatic carbocycles. The van der Waals surface area contributed by atoms with Gasteiger partial charge in [-0.1, -0.05) is 12.8 Å². The molecule has 0 radical (unpaired) electrons. The van der Waals surface area contributed by atoms with Crippen molar-refractivity contribution in [3.8, 4) is 5.88 Å². The summed E-state index contributed by atoms with van der Waals surface area (Å²) in [6, 6.07) is 0. The van der Waals surface area contributed by atoms with Crippen LogP contribution in [0.2, 0.25) is 0 Å². The Morgan fingerprint density at radius 3 is 3.00 bits per heavy atom. The molecule has 1 aliphatic rings. The van der Waals surface area contributed by atoms with Crippen LogP contribution in [0.5, 0.6) is 5.88 Å². The second kappa shape index (κ2) is 6.05. The van der Waals surface area contributed by atoms with E-state index in [1.165, 1.54) is 19.3 Å². The van der Waals surface area contributed by atoms with E-state index in [1.54, 1.807) is 19.5 Å². The average Bonchev–Trinajstić information content (AvgIpc) is 2.38. The van der Waals surface area contributed by atoms with Crippen LogP contribution in [0, 0.1) is 5.92 Å². The van der Waals surface area contributed by atoms with Crippen molar-refractivity contribution in [1.29, 1.82) is 0 Å². The topological polar surface area (TPSA) is 47.0 Å². The molecule has 1 aromatic rings. The van der Waals surface area contributed by atoms with E-state index in [0.29, 0.717) is 11.8 Å². The lowest BCUT2D eigenvalue weighted by atomic mass is 9.89. The van der Waals surface area contributed by atoms with Crippen molar-refractivity contribution in [2.24, 2.45) is 5.92 Å². The normalized spacial score (nSPS) is 24.4. The lowest BCUT2D eigenvalue weighted by Crippen LogP contribution is -2.27. The van der Waals surface area contributed by atoms with Gasteiger partial charge < -0.3 is 10.1 Å². The Kier molecular flexibility index (Phi) is 4.42. The molecule has 2 unspecified atom stereocenters. The minimum absolute atomic E-state index is 0.287. The summed E-state index contributed by atoms with van der Waals surface area (Å²) >= 11 is 6.31. The highest BCUT2D eigenvalue weighted by atomic mass is 35.5. The van der Waals surface area contributed by atoms with E-state index in [4.69, 9.17) is 16.3 Å². The number of methoxy groups -OCH3 is 1. The molecule has 2 atom stereocenters. The van der Waals surface area contributed by atoms with E-state index < -0.39 is 0 Å². The van der Waals surface area contributed by atoms with Crippen molar-refractivity contribution in [1.82, 2.24) is 9.97 Å². The third kappa shape index (κ3) is 3.46. The number of nitrogens with one attached hydrogen (secondary N) is 1. The molecule has 0 amide bonds. The van der Waals surface area contributed by atoms with E-state index >= 15 is 0 Å². The van der Waals surface area contributed by atoms with Crippen molar-refractivity contribution in [2.45, 2.75) is 31.1 Å². The Bertz CT molecular complexity index is 361. The number of nitrogens with zero attached hydrogens (tertiary/aromatic N) is 2. The molecule has 94 valence electrons. The molecule has 1 heterocycles. The lowest BCUT2D eigenvalue weighted by molar-refractivity contribution is 0.379. The van der Waals surface area contributed by atoms with E-state index in [1.807, 2.05) is 0 Å². The SMILES string of the molecule is COc1cncc(NCC2CCCCC2Cl)n1. The third-order valence-corrected chi connectivity index (χ3v) is 3.76. The summed E-state index contributed by atoms with van der Waals surface area (Å²) in [4.78, 5) is 8.32. The molecule has 0 spiro atoms. The van der Waals surface area contributed by atoms with E-state index in [9.17, 15) is 0 Å². The molecule has 17 heavy (non-hydrogen) atoms. The molecule has 1 aliphatic carbocycles. The van der Waals surface area contributed by atoms with Gasteiger partial charge in [0.1, 0.15) is 5.82 Å². The van der Waals surface area contributed by atoms with Crippen LogP contribution in [-0.2, 0) is 0 Å². The van der Waals surface area contributed by atoms with Gasteiger partial charge in [0.2, 0.25) is 5.88 Å². The van der Waals surface area contributed by atoms with E-state index in [0.717, 1.165) is 18.8 Å². The fourth-order valence-electron chi connectivity index (χ4n) is 2.16. The number of alkyl halides is 1. The summed E-state index contributed by atoms with van der Waals surface area (Å²) < 4.78 is 5.03. The molecule has 1 fully saturated rings. The quantitative estimate of drug-likeness (QED) is 0.841. The number of aromatic nitrogens is 2. The Morgan fingerprint density at radius 2 is 2.24 bits per heavy atom. The summed E-state index contributed by atoms with van der Waals surface area (Å²) in [5.41, 5.74) is 0. The third-order valence-electron chi connectivity index (χ3n) is 3.18. The summed E-state index contributed by atoms with van der Waals surface area (Å²) in [6.07, 6.45) is 8.14.